The van der Waals surface area contributed by atoms with Crippen LogP contribution in [0.25, 0.3) is 0 Å². The van der Waals surface area contributed by atoms with Gasteiger partial charge in [0.2, 0.25) is 0 Å². The number of alkyl halides is 12. The van der Waals surface area contributed by atoms with Gasteiger partial charge >= 0.3 is 23.9 Å². The van der Waals surface area contributed by atoms with Crippen LogP contribution in [0.2, 0.25) is 10.0 Å². The van der Waals surface area contributed by atoms with Gasteiger partial charge in [-0.15, -0.1) is 0 Å². The standard InChI is InChI=1S/C12H3Cl5F9/c13-4-1-6(5(7(14)2-4)3-8(15,16)17)9(18,11(21,22)23)10(19,20)12(24,25)26/h1H,3H2. The first kappa shape index (κ1) is 24.1. The third-order valence-corrected chi connectivity index (χ3v) is 3.95. The molecule has 1 atom stereocenters. The van der Waals surface area contributed by atoms with Gasteiger partial charge < -0.3 is 0 Å². The van der Waals surface area contributed by atoms with Crippen molar-refractivity contribution in [3.63, 3.8) is 0 Å². The smallest absolute Gasteiger partial charge is 0.221 e. The normalized spacial score (nSPS) is 16.5. The van der Waals surface area contributed by atoms with Gasteiger partial charge in [0.15, 0.2) is 3.79 Å². The molecule has 0 amide bonds. The summed E-state index contributed by atoms with van der Waals surface area (Å²) in [6.07, 6.45) is -14.9. The zero-order valence-corrected chi connectivity index (χ0v) is 15.4. The lowest BCUT2D eigenvalue weighted by Crippen LogP contribution is -2.60. The van der Waals surface area contributed by atoms with Gasteiger partial charge in [-0.05, 0) is 11.6 Å². The Morgan fingerprint density at radius 1 is 0.808 bits per heavy atom. The largest absolute Gasteiger partial charge is 0.457 e. The molecular weight excluding hydrogens is 492 g/mol. The van der Waals surface area contributed by atoms with E-state index in [0.29, 0.717) is 0 Å². The first-order chi connectivity index (χ1) is 11.3. The SMILES string of the molecule is FC(F)(F)C(F)(F)C(F)(c1cc(Cl)[c]c(Cl)c1CC(Cl)(Cl)Cl)C(F)(F)F. The van der Waals surface area contributed by atoms with Crippen LogP contribution in [0.15, 0.2) is 6.07 Å². The maximum Gasteiger partial charge on any atom is 0.457 e. The minimum atomic E-state index is -6.92. The number of halogens is 14. The van der Waals surface area contributed by atoms with Crippen molar-refractivity contribution in [2.45, 2.75) is 34.2 Å². The van der Waals surface area contributed by atoms with Crippen LogP contribution in [-0.2, 0) is 12.1 Å². The molecule has 149 valence electrons. The van der Waals surface area contributed by atoms with Crippen molar-refractivity contribution in [3.05, 3.63) is 33.3 Å². The predicted octanol–water partition coefficient (Wildman–Crippen LogP) is 7.63. The Morgan fingerprint density at radius 3 is 1.62 bits per heavy atom. The van der Waals surface area contributed by atoms with E-state index in [2.05, 4.69) is 0 Å². The number of benzene rings is 1. The molecule has 0 aromatic heterocycles. The van der Waals surface area contributed by atoms with E-state index in [0.717, 1.165) is 0 Å². The van der Waals surface area contributed by atoms with Gasteiger partial charge in [-0.3, -0.25) is 0 Å². The molecule has 1 aromatic carbocycles. The molecule has 0 spiro atoms. The second-order valence-electron chi connectivity index (χ2n) is 4.84. The predicted molar refractivity (Wildman–Crippen MR) is 79.1 cm³/mol. The highest BCUT2D eigenvalue weighted by molar-refractivity contribution is 6.67. The Balaban J connectivity index is 3.97. The Kier molecular flexibility index (Phi) is 6.61. The molecule has 0 N–H and O–H groups in total. The van der Waals surface area contributed by atoms with Gasteiger partial charge in [0.05, 0.1) is 10.0 Å². The summed E-state index contributed by atoms with van der Waals surface area (Å²) in [6.45, 7) is 0. The van der Waals surface area contributed by atoms with Crippen molar-refractivity contribution in [2.75, 3.05) is 0 Å². The second-order valence-corrected chi connectivity index (χ2v) is 8.15. The fourth-order valence-corrected chi connectivity index (χ4v) is 2.85. The van der Waals surface area contributed by atoms with Crippen molar-refractivity contribution in [1.82, 2.24) is 0 Å². The van der Waals surface area contributed by atoms with Crippen LogP contribution in [0.5, 0.6) is 0 Å². The number of hydrogen-bond acceptors (Lipinski definition) is 0. The van der Waals surface area contributed by atoms with E-state index >= 15 is 0 Å². The third-order valence-electron chi connectivity index (χ3n) is 3.02. The maximum absolute atomic E-state index is 14.6. The van der Waals surface area contributed by atoms with Crippen LogP contribution in [0.1, 0.15) is 11.1 Å². The molecule has 0 aliphatic rings. The minimum absolute atomic E-state index is 0.133. The number of hydrogen-bond donors (Lipinski definition) is 0. The Labute approximate surface area is 165 Å². The molecule has 0 saturated heterocycles. The fourth-order valence-electron chi connectivity index (χ4n) is 1.92. The van der Waals surface area contributed by atoms with E-state index in [1.165, 1.54) is 0 Å². The van der Waals surface area contributed by atoms with Crippen LogP contribution in [0.4, 0.5) is 39.5 Å². The van der Waals surface area contributed by atoms with Crippen molar-refractivity contribution in [3.8, 4) is 0 Å². The summed E-state index contributed by atoms with van der Waals surface area (Å²) < 4.78 is 117. The van der Waals surface area contributed by atoms with Gasteiger partial charge in [-0.2, -0.15) is 35.1 Å². The average molecular weight is 495 g/mol. The molecule has 1 radical (unpaired) electrons. The van der Waals surface area contributed by atoms with E-state index in [9.17, 15) is 39.5 Å². The highest BCUT2D eigenvalue weighted by Crippen LogP contribution is 2.59. The van der Waals surface area contributed by atoms with E-state index in [4.69, 9.17) is 58.0 Å². The van der Waals surface area contributed by atoms with E-state index in [1.807, 2.05) is 6.07 Å². The molecule has 0 fully saturated rings. The fraction of sp³-hybridized carbons (Fsp3) is 0.500. The minimum Gasteiger partial charge on any atom is -0.221 e. The van der Waals surface area contributed by atoms with Crippen LogP contribution < -0.4 is 0 Å². The van der Waals surface area contributed by atoms with E-state index < -0.39 is 55.3 Å². The topological polar surface area (TPSA) is 0 Å². The summed E-state index contributed by atoms with van der Waals surface area (Å²) >= 11 is 26.8. The van der Waals surface area contributed by atoms with Gasteiger partial charge in [-0.25, -0.2) is 4.39 Å². The maximum atomic E-state index is 14.6. The molecule has 0 bridgehead atoms. The molecule has 14 heteroatoms. The molecule has 1 aromatic rings. The van der Waals surface area contributed by atoms with Crippen molar-refractivity contribution < 1.29 is 39.5 Å². The third kappa shape index (κ3) is 4.37. The first-order valence-electron chi connectivity index (χ1n) is 5.93. The second kappa shape index (κ2) is 7.13. The lowest BCUT2D eigenvalue weighted by Gasteiger charge is -2.37. The molecule has 26 heavy (non-hydrogen) atoms. The molecule has 1 unspecified atom stereocenters. The van der Waals surface area contributed by atoms with Crippen LogP contribution in [-0.4, -0.2) is 22.1 Å². The van der Waals surface area contributed by atoms with Crippen LogP contribution in [0, 0.1) is 6.07 Å². The zero-order valence-electron chi connectivity index (χ0n) is 11.6. The molecule has 0 saturated carbocycles. The molecule has 1 rings (SSSR count). The molecular formula is C12H3Cl5F9. The van der Waals surface area contributed by atoms with Crippen molar-refractivity contribution in [2.24, 2.45) is 0 Å². The summed E-state index contributed by atoms with van der Waals surface area (Å²) in [6, 6.07) is 1.78. The van der Waals surface area contributed by atoms with E-state index in [1.54, 1.807) is 0 Å². The lowest BCUT2D eigenvalue weighted by atomic mass is 9.84. The Bertz CT molecular complexity index is 677. The van der Waals surface area contributed by atoms with Crippen molar-refractivity contribution in [1.29, 1.82) is 0 Å². The Hall–Kier alpha value is 0.0400. The summed E-state index contributed by atoms with van der Waals surface area (Å²) in [5, 5.41) is -2.00. The molecule has 0 aliphatic heterocycles. The van der Waals surface area contributed by atoms with Crippen LogP contribution >= 0.6 is 58.0 Å². The Morgan fingerprint density at radius 2 is 1.27 bits per heavy atom. The van der Waals surface area contributed by atoms with Crippen LogP contribution in [0.3, 0.4) is 0 Å². The lowest BCUT2D eigenvalue weighted by molar-refractivity contribution is -0.389. The van der Waals surface area contributed by atoms with Gasteiger partial charge in [0.25, 0.3) is 0 Å². The highest BCUT2D eigenvalue weighted by Gasteiger charge is 2.82. The number of rotatable bonds is 3. The average Bonchev–Trinajstić information content (AvgIpc) is 2.36. The summed E-state index contributed by atoms with van der Waals surface area (Å²) in [5.41, 5.74) is -9.79. The van der Waals surface area contributed by atoms with Gasteiger partial charge in [0.1, 0.15) is 0 Å². The van der Waals surface area contributed by atoms with Gasteiger partial charge in [-0.1, -0.05) is 58.0 Å². The summed E-state index contributed by atoms with van der Waals surface area (Å²) in [7, 11) is 0. The quantitative estimate of drug-likeness (QED) is 0.299. The molecule has 0 aliphatic carbocycles. The molecule has 0 heterocycles. The summed E-state index contributed by atoms with van der Waals surface area (Å²) in [5.74, 6) is -6.92. The molecule has 0 nitrogen and oxygen atoms in total. The van der Waals surface area contributed by atoms with Gasteiger partial charge in [0, 0.05) is 18.1 Å². The van der Waals surface area contributed by atoms with E-state index in [-0.39, 0.29) is 6.07 Å². The summed E-state index contributed by atoms with van der Waals surface area (Å²) in [4.78, 5) is 0. The van der Waals surface area contributed by atoms with Crippen molar-refractivity contribution >= 4 is 58.0 Å². The first-order valence-corrected chi connectivity index (χ1v) is 7.82. The zero-order chi connectivity index (χ0) is 20.9. The monoisotopic (exact) mass is 493 g/mol. The highest BCUT2D eigenvalue weighted by atomic mass is 35.6.